The number of aromatic nitrogens is 3. The third-order valence-electron chi connectivity index (χ3n) is 4.51. The van der Waals surface area contributed by atoms with Gasteiger partial charge in [0.2, 0.25) is 0 Å². The molecule has 1 unspecified atom stereocenters. The van der Waals surface area contributed by atoms with Crippen LogP contribution in [-0.2, 0) is 4.79 Å². The average Bonchev–Trinajstić information content (AvgIpc) is 3.07. The lowest BCUT2D eigenvalue weighted by molar-refractivity contribution is -0.137. The molecule has 4 rings (SSSR count). The lowest BCUT2D eigenvalue weighted by Crippen LogP contribution is -2.10. The number of imidazole rings is 1. The second-order valence-corrected chi connectivity index (χ2v) is 7.21. The smallest absolute Gasteiger partial charge is 0.303 e. The molecule has 7 nitrogen and oxygen atoms in total. The molecule has 3 aromatic rings. The molecule has 0 fully saturated rings. The van der Waals surface area contributed by atoms with Crippen molar-refractivity contribution in [1.29, 1.82) is 0 Å². The molecule has 3 heterocycles. The molecule has 0 bridgehead atoms. The van der Waals surface area contributed by atoms with Crippen molar-refractivity contribution in [3.05, 3.63) is 76.0 Å². The van der Waals surface area contributed by atoms with Gasteiger partial charge in [0.15, 0.2) is 6.29 Å². The Bertz CT molecular complexity index is 1090. The lowest BCUT2D eigenvalue weighted by atomic mass is 10.0. The zero-order chi connectivity index (χ0) is 19.7. The first-order valence-electron chi connectivity index (χ1n) is 8.62. The second-order valence-electron chi connectivity index (χ2n) is 6.30. The fraction of sp³-hybridized carbons (Fsp3) is 0.150. The number of carbonyl (C=O) groups is 2. The van der Waals surface area contributed by atoms with Crippen molar-refractivity contribution in [3.63, 3.8) is 0 Å². The van der Waals surface area contributed by atoms with Crippen molar-refractivity contribution >= 4 is 33.9 Å². The Morgan fingerprint density at radius 2 is 2.11 bits per heavy atom. The van der Waals surface area contributed by atoms with E-state index in [9.17, 15) is 9.59 Å². The SMILES string of the molecule is O=Cc1cnc2n1-c1ccc(Br)cc1C(c1ccccn1)=NC2CCC(=O)O. The Labute approximate surface area is 168 Å². The van der Waals surface area contributed by atoms with Crippen LogP contribution in [0.2, 0.25) is 0 Å². The largest absolute Gasteiger partial charge is 0.481 e. The number of rotatable bonds is 5. The van der Waals surface area contributed by atoms with Crippen LogP contribution in [0.4, 0.5) is 0 Å². The Kier molecular flexibility index (Phi) is 4.87. The molecule has 1 N–H and O–H groups in total. The van der Waals surface area contributed by atoms with E-state index in [0.29, 0.717) is 22.9 Å². The summed E-state index contributed by atoms with van der Waals surface area (Å²) >= 11 is 3.50. The van der Waals surface area contributed by atoms with Crippen molar-refractivity contribution < 1.29 is 14.7 Å². The minimum atomic E-state index is -0.909. The minimum absolute atomic E-state index is 0.0625. The van der Waals surface area contributed by atoms with Crippen LogP contribution in [0.15, 0.2) is 58.3 Å². The molecule has 0 radical (unpaired) electrons. The number of aldehydes is 1. The van der Waals surface area contributed by atoms with Gasteiger partial charge in [0.25, 0.3) is 0 Å². The molecule has 0 spiro atoms. The normalized spacial score (nSPS) is 15.2. The molecule has 1 aromatic carbocycles. The number of carboxylic acid groups (broad SMARTS) is 1. The van der Waals surface area contributed by atoms with E-state index < -0.39 is 12.0 Å². The molecule has 1 aliphatic heterocycles. The standard InChI is InChI=1S/C20H15BrN4O3/c21-12-4-6-17-14(9-12)19(15-3-1-2-8-22-15)24-16(5-7-18(27)28)20-23-10-13(11-26)25(17)20/h1-4,6,8-11,16H,5,7H2,(H,27,28). The van der Waals surface area contributed by atoms with Crippen LogP contribution in [0.25, 0.3) is 5.69 Å². The molecular weight excluding hydrogens is 424 g/mol. The number of carboxylic acids is 1. The van der Waals surface area contributed by atoms with Crippen LogP contribution in [0.1, 0.15) is 46.5 Å². The van der Waals surface area contributed by atoms with Gasteiger partial charge in [-0.15, -0.1) is 0 Å². The monoisotopic (exact) mass is 438 g/mol. The van der Waals surface area contributed by atoms with Crippen molar-refractivity contribution in [1.82, 2.24) is 14.5 Å². The number of halogens is 1. The van der Waals surface area contributed by atoms with E-state index in [1.807, 2.05) is 36.4 Å². The number of nitrogens with zero attached hydrogens (tertiary/aromatic N) is 4. The highest BCUT2D eigenvalue weighted by Gasteiger charge is 2.28. The average molecular weight is 439 g/mol. The molecule has 28 heavy (non-hydrogen) atoms. The summed E-state index contributed by atoms with van der Waals surface area (Å²) in [5.74, 6) is -0.370. The summed E-state index contributed by atoms with van der Waals surface area (Å²) < 4.78 is 2.61. The zero-order valence-electron chi connectivity index (χ0n) is 14.6. The number of aliphatic carboxylic acids is 1. The second kappa shape index (κ2) is 7.47. The number of hydrogen-bond acceptors (Lipinski definition) is 5. The Balaban J connectivity index is 1.99. The molecule has 1 aliphatic rings. The highest BCUT2D eigenvalue weighted by Crippen LogP contribution is 2.34. The molecule has 1 atom stereocenters. The molecule has 0 amide bonds. The van der Waals surface area contributed by atoms with Gasteiger partial charge in [-0.05, 0) is 36.8 Å². The molecule has 0 saturated carbocycles. The van der Waals surface area contributed by atoms with Gasteiger partial charge in [0.05, 0.1) is 23.3 Å². The number of benzene rings is 1. The molecule has 8 heteroatoms. The van der Waals surface area contributed by atoms with E-state index in [1.165, 1.54) is 6.20 Å². The summed E-state index contributed by atoms with van der Waals surface area (Å²) in [6, 6.07) is 10.7. The number of pyridine rings is 1. The van der Waals surface area contributed by atoms with Crippen molar-refractivity contribution in [2.45, 2.75) is 18.9 Å². The maximum atomic E-state index is 11.6. The van der Waals surface area contributed by atoms with Gasteiger partial charge < -0.3 is 5.11 Å². The summed E-state index contributed by atoms with van der Waals surface area (Å²) in [6.07, 6.45) is 4.11. The first-order chi connectivity index (χ1) is 13.6. The van der Waals surface area contributed by atoms with Crippen LogP contribution < -0.4 is 0 Å². The van der Waals surface area contributed by atoms with Crippen LogP contribution in [0.3, 0.4) is 0 Å². The third-order valence-corrected chi connectivity index (χ3v) is 5.01. The summed E-state index contributed by atoms with van der Waals surface area (Å²) in [5, 5.41) is 9.16. The van der Waals surface area contributed by atoms with Crippen LogP contribution in [0, 0.1) is 0 Å². The highest BCUT2D eigenvalue weighted by molar-refractivity contribution is 9.10. The maximum absolute atomic E-state index is 11.6. The first-order valence-corrected chi connectivity index (χ1v) is 9.42. The number of hydrogen-bond donors (Lipinski definition) is 1. The Morgan fingerprint density at radius 1 is 1.25 bits per heavy atom. The summed E-state index contributed by atoms with van der Waals surface area (Å²) in [5.41, 5.74) is 3.22. The molecule has 2 aromatic heterocycles. The van der Waals surface area contributed by atoms with Crippen LogP contribution in [-0.4, -0.2) is 37.6 Å². The fourth-order valence-electron chi connectivity index (χ4n) is 3.30. The summed E-state index contributed by atoms with van der Waals surface area (Å²) in [6.45, 7) is 0. The van der Waals surface area contributed by atoms with Gasteiger partial charge in [0.1, 0.15) is 17.6 Å². The van der Waals surface area contributed by atoms with E-state index in [0.717, 1.165) is 22.0 Å². The van der Waals surface area contributed by atoms with Gasteiger partial charge in [-0.25, -0.2) is 4.98 Å². The Hall–Kier alpha value is -3.13. The van der Waals surface area contributed by atoms with Crippen molar-refractivity contribution in [2.24, 2.45) is 4.99 Å². The van der Waals surface area contributed by atoms with Crippen molar-refractivity contribution in [3.8, 4) is 5.69 Å². The maximum Gasteiger partial charge on any atom is 0.303 e. The highest BCUT2D eigenvalue weighted by atomic mass is 79.9. The van der Waals surface area contributed by atoms with E-state index in [2.05, 4.69) is 25.9 Å². The molecule has 0 saturated heterocycles. The van der Waals surface area contributed by atoms with Crippen LogP contribution in [0.5, 0.6) is 0 Å². The molecular formula is C20H15BrN4O3. The molecule has 140 valence electrons. The zero-order valence-corrected chi connectivity index (χ0v) is 16.2. The van der Waals surface area contributed by atoms with Crippen molar-refractivity contribution in [2.75, 3.05) is 0 Å². The first kappa shape index (κ1) is 18.2. The summed E-state index contributed by atoms with van der Waals surface area (Å²) in [7, 11) is 0. The Morgan fingerprint density at radius 3 is 2.82 bits per heavy atom. The van der Waals surface area contributed by atoms with Gasteiger partial charge in [-0.2, -0.15) is 0 Å². The third kappa shape index (κ3) is 3.27. The van der Waals surface area contributed by atoms with Crippen LogP contribution >= 0.6 is 15.9 Å². The van der Waals surface area contributed by atoms with E-state index >= 15 is 0 Å². The van der Waals surface area contributed by atoms with E-state index in [1.54, 1.807) is 10.8 Å². The number of carbonyl (C=O) groups excluding carboxylic acids is 1. The predicted molar refractivity (Wildman–Crippen MR) is 106 cm³/mol. The number of aliphatic imine (C=N–C) groups is 1. The van der Waals surface area contributed by atoms with E-state index in [-0.39, 0.29) is 12.8 Å². The van der Waals surface area contributed by atoms with Gasteiger partial charge in [0, 0.05) is 22.7 Å². The van der Waals surface area contributed by atoms with Gasteiger partial charge in [-0.3, -0.25) is 24.1 Å². The van der Waals surface area contributed by atoms with Gasteiger partial charge >= 0.3 is 5.97 Å². The predicted octanol–water partition coefficient (Wildman–Crippen LogP) is 3.60. The number of fused-ring (bicyclic) bond motifs is 3. The lowest BCUT2D eigenvalue weighted by Gasteiger charge is -2.13. The summed E-state index contributed by atoms with van der Waals surface area (Å²) in [4.78, 5) is 36.5. The minimum Gasteiger partial charge on any atom is -0.481 e. The van der Waals surface area contributed by atoms with Gasteiger partial charge in [-0.1, -0.05) is 22.0 Å². The topological polar surface area (TPSA) is 97.4 Å². The fourth-order valence-corrected chi connectivity index (χ4v) is 3.66. The van der Waals surface area contributed by atoms with E-state index in [4.69, 9.17) is 10.1 Å². The molecule has 0 aliphatic carbocycles. The quantitative estimate of drug-likeness (QED) is 0.613.